The molecule has 0 aliphatic carbocycles. The van der Waals surface area contributed by atoms with Crippen LogP contribution in [-0.4, -0.2) is 60.0 Å². The number of hydrogen-bond donors (Lipinski definition) is 0. The van der Waals surface area contributed by atoms with Gasteiger partial charge in [0, 0.05) is 62.2 Å². The van der Waals surface area contributed by atoms with Crippen molar-refractivity contribution in [3.05, 3.63) is 72.3 Å². The number of halogens is 1. The minimum absolute atomic E-state index is 0.0417. The van der Waals surface area contributed by atoms with E-state index >= 15 is 0 Å². The number of benzene rings is 2. The number of aromatic nitrogens is 2. The first-order chi connectivity index (χ1) is 17.1. The monoisotopic (exact) mass is 491 g/mol. The molecule has 1 aromatic heterocycles. The number of piperazine rings is 1. The van der Waals surface area contributed by atoms with E-state index in [1.165, 1.54) is 17.7 Å². The van der Waals surface area contributed by atoms with E-state index in [9.17, 15) is 9.18 Å². The van der Waals surface area contributed by atoms with Crippen LogP contribution in [0.2, 0.25) is 0 Å². The standard InChI is InChI=1S/C27H30FN5OS/c1-20-4-2-6-24(18-20)35-26-25(29-11-12-30-26)33-13-3-5-21(19-33)27(34)32-16-14-31(15-17-32)23-9-7-22(28)8-10-23/h2,4,6-12,18,21H,3,5,13-17,19H2,1H3/t21-/m0/s1. The molecule has 0 spiro atoms. The van der Waals surface area contributed by atoms with Crippen molar-refractivity contribution in [1.29, 1.82) is 0 Å². The highest BCUT2D eigenvalue weighted by Crippen LogP contribution is 2.34. The molecule has 2 aromatic carbocycles. The van der Waals surface area contributed by atoms with Crippen molar-refractivity contribution in [2.75, 3.05) is 49.1 Å². The third-order valence-corrected chi connectivity index (χ3v) is 7.67. The van der Waals surface area contributed by atoms with Gasteiger partial charge in [-0.15, -0.1) is 0 Å². The van der Waals surface area contributed by atoms with Crippen LogP contribution in [0.3, 0.4) is 0 Å². The number of hydrogen-bond acceptors (Lipinski definition) is 6. The van der Waals surface area contributed by atoms with Crippen LogP contribution in [0.15, 0.2) is 70.8 Å². The highest BCUT2D eigenvalue weighted by atomic mass is 32.2. The number of piperidine rings is 1. The minimum Gasteiger partial charge on any atom is -0.368 e. The van der Waals surface area contributed by atoms with Gasteiger partial charge in [0.15, 0.2) is 5.82 Å². The Morgan fingerprint density at radius 1 is 0.971 bits per heavy atom. The van der Waals surface area contributed by atoms with E-state index in [1.807, 2.05) is 4.90 Å². The molecule has 0 radical (unpaired) electrons. The van der Waals surface area contributed by atoms with Gasteiger partial charge >= 0.3 is 0 Å². The van der Waals surface area contributed by atoms with E-state index in [0.717, 1.165) is 53.9 Å². The van der Waals surface area contributed by atoms with Crippen molar-refractivity contribution in [3.63, 3.8) is 0 Å². The van der Waals surface area contributed by atoms with Crippen LogP contribution in [-0.2, 0) is 4.79 Å². The fourth-order valence-corrected chi connectivity index (χ4v) is 5.86. The van der Waals surface area contributed by atoms with Crippen LogP contribution in [0, 0.1) is 18.7 Å². The van der Waals surface area contributed by atoms with Crippen LogP contribution in [0.25, 0.3) is 0 Å². The zero-order chi connectivity index (χ0) is 24.2. The lowest BCUT2D eigenvalue weighted by Gasteiger charge is -2.40. The second-order valence-corrected chi connectivity index (χ2v) is 10.2. The highest BCUT2D eigenvalue weighted by molar-refractivity contribution is 7.99. The maximum absolute atomic E-state index is 13.4. The third-order valence-electron chi connectivity index (χ3n) is 6.70. The van der Waals surface area contributed by atoms with Gasteiger partial charge in [0.2, 0.25) is 5.91 Å². The molecule has 2 saturated heterocycles. The summed E-state index contributed by atoms with van der Waals surface area (Å²) in [5, 5.41) is 0.874. The Balaban J connectivity index is 1.23. The van der Waals surface area contributed by atoms with Gasteiger partial charge in [-0.25, -0.2) is 14.4 Å². The van der Waals surface area contributed by atoms with Crippen LogP contribution in [0.5, 0.6) is 0 Å². The molecule has 35 heavy (non-hydrogen) atoms. The Morgan fingerprint density at radius 3 is 2.51 bits per heavy atom. The highest BCUT2D eigenvalue weighted by Gasteiger charge is 2.32. The molecule has 6 nitrogen and oxygen atoms in total. The van der Waals surface area contributed by atoms with Gasteiger partial charge < -0.3 is 14.7 Å². The summed E-state index contributed by atoms with van der Waals surface area (Å²) < 4.78 is 13.2. The van der Waals surface area contributed by atoms with Gasteiger partial charge in [0.25, 0.3) is 0 Å². The van der Waals surface area contributed by atoms with E-state index in [1.54, 1.807) is 36.3 Å². The molecular weight excluding hydrogens is 461 g/mol. The molecule has 2 aliphatic rings. The van der Waals surface area contributed by atoms with Crippen LogP contribution in [0.1, 0.15) is 18.4 Å². The Hall–Kier alpha value is -3.13. The second-order valence-electron chi connectivity index (χ2n) is 9.18. The van der Waals surface area contributed by atoms with Gasteiger partial charge in [-0.1, -0.05) is 29.5 Å². The van der Waals surface area contributed by atoms with E-state index < -0.39 is 0 Å². The Morgan fingerprint density at radius 2 is 1.74 bits per heavy atom. The van der Waals surface area contributed by atoms with E-state index in [2.05, 4.69) is 51.0 Å². The summed E-state index contributed by atoms with van der Waals surface area (Å²) in [6.45, 7) is 6.52. The normalized spacial score (nSPS) is 18.6. The Kier molecular flexibility index (Phi) is 7.18. The van der Waals surface area contributed by atoms with Crippen molar-refractivity contribution >= 4 is 29.2 Å². The van der Waals surface area contributed by atoms with Crippen LogP contribution < -0.4 is 9.80 Å². The molecule has 182 valence electrons. The molecule has 0 saturated carbocycles. The number of amides is 1. The van der Waals surface area contributed by atoms with Crippen molar-refractivity contribution in [3.8, 4) is 0 Å². The topological polar surface area (TPSA) is 52.6 Å². The second kappa shape index (κ2) is 10.6. The molecule has 1 amide bonds. The number of anilines is 2. The van der Waals surface area contributed by atoms with E-state index in [-0.39, 0.29) is 17.6 Å². The molecule has 5 rings (SSSR count). The molecular formula is C27H30FN5OS. The summed E-state index contributed by atoms with van der Waals surface area (Å²) >= 11 is 1.62. The lowest BCUT2D eigenvalue weighted by atomic mass is 9.96. The summed E-state index contributed by atoms with van der Waals surface area (Å²) in [6, 6.07) is 15.0. The maximum atomic E-state index is 13.4. The quantitative estimate of drug-likeness (QED) is 0.518. The SMILES string of the molecule is Cc1cccc(Sc2nccnc2N2CCC[C@H](C(=O)N3CCN(c4ccc(F)cc4)CC3)C2)c1. The molecule has 0 N–H and O–H groups in total. The zero-order valence-electron chi connectivity index (χ0n) is 19.9. The third kappa shape index (κ3) is 5.59. The van der Waals surface area contributed by atoms with Crippen LogP contribution >= 0.6 is 11.8 Å². The average Bonchev–Trinajstić information content (AvgIpc) is 2.89. The van der Waals surface area contributed by atoms with Crippen molar-refractivity contribution in [1.82, 2.24) is 14.9 Å². The van der Waals surface area contributed by atoms with Crippen molar-refractivity contribution < 1.29 is 9.18 Å². The zero-order valence-corrected chi connectivity index (χ0v) is 20.8. The number of nitrogens with zero attached hydrogens (tertiary/aromatic N) is 5. The molecule has 0 bridgehead atoms. The lowest BCUT2D eigenvalue weighted by molar-refractivity contribution is -0.136. The van der Waals surface area contributed by atoms with E-state index in [4.69, 9.17) is 0 Å². The van der Waals surface area contributed by atoms with Gasteiger partial charge in [0.05, 0.1) is 5.92 Å². The fourth-order valence-electron chi connectivity index (χ4n) is 4.86. The molecule has 8 heteroatoms. The molecule has 0 unspecified atom stereocenters. The number of carbonyl (C=O) groups excluding carboxylic acids is 1. The number of aryl methyl sites for hydroxylation is 1. The summed E-state index contributed by atoms with van der Waals surface area (Å²) in [5.41, 5.74) is 2.22. The summed E-state index contributed by atoms with van der Waals surface area (Å²) in [4.78, 5) is 30.3. The van der Waals surface area contributed by atoms with Crippen molar-refractivity contribution in [2.45, 2.75) is 29.7 Å². The Bertz CT molecular complexity index is 1170. The molecule has 3 aromatic rings. The average molecular weight is 492 g/mol. The largest absolute Gasteiger partial charge is 0.368 e. The molecule has 2 fully saturated rings. The molecule has 2 aliphatic heterocycles. The number of rotatable bonds is 5. The Labute approximate surface area is 210 Å². The molecule has 3 heterocycles. The first-order valence-electron chi connectivity index (χ1n) is 12.2. The smallest absolute Gasteiger partial charge is 0.227 e. The van der Waals surface area contributed by atoms with Crippen molar-refractivity contribution in [2.24, 2.45) is 5.92 Å². The predicted octanol–water partition coefficient (Wildman–Crippen LogP) is 4.64. The van der Waals surface area contributed by atoms with Gasteiger partial charge in [0.1, 0.15) is 10.8 Å². The van der Waals surface area contributed by atoms with Gasteiger partial charge in [-0.3, -0.25) is 4.79 Å². The van der Waals surface area contributed by atoms with Gasteiger partial charge in [-0.05, 0) is 56.2 Å². The summed E-state index contributed by atoms with van der Waals surface area (Å²) in [6.07, 6.45) is 5.32. The van der Waals surface area contributed by atoms with E-state index in [0.29, 0.717) is 19.6 Å². The number of carbonyl (C=O) groups is 1. The first-order valence-corrected chi connectivity index (χ1v) is 13.0. The fraction of sp³-hybridized carbons (Fsp3) is 0.370. The minimum atomic E-state index is -0.229. The first kappa shape index (κ1) is 23.6. The summed E-state index contributed by atoms with van der Waals surface area (Å²) in [7, 11) is 0. The molecule has 1 atom stereocenters. The maximum Gasteiger partial charge on any atom is 0.227 e. The van der Waals surface area contributed by atoms with Gasteiger partial charge in [-0.2, -0.15) is 0 Å². The van der Waals surface area contributed by atoms with Crippen LogP contribution in [0.4, 0.5) is 15.9 Å². The lowest BCUT2D eigenvalue weighted by Crippen LogP contribution is -2.52. The summed E-state index contributed by atoms with van der Waals surface area (Å²) in [5.74, 6) is 0.816. The predicted molar refractivity (Wildman–Crippen MR) is 137 cm³/mol.